The lowest BCUT2D eigenvalue weighted by Crippen LogP contribution is -2.69. The van der Waals surface area contributed by atoms with E-state index in [9.17, 15) is 19.2 Å². The molecule has 9 heteroatoms. The molecule has 5 rings (SSSR count). The molecule has 196 valence electrons. The van der Waals surface area contributed by atoms with Crippen molar-refractivity contribution >= 4 is 39.9 Å². The number of hydrogen-bond acceptors (Lipinski definition) is 8. The van der Waals surface area contributed by atoms with E-state index in [0.717, 1.165) is 18.4 Å². The van der Waals surface area contributed by atoms with Crippen LogP contribution in [0.5, 0.6) is 0 Å². The maximum atomic E-state index is 13.9. The van der Waals surface area contributed by atoms with Crippen LogP contribution in [0.25, 0.3) is 0 Å². The van der Waals surface area contributed by atoms with Gasteiger partial charge in [-0.15, -0.1) is 0 Å². The third kappa shape index (κ3) is 3.18. The number of halogens is 1. The molecule has 0 aromatic carbocycles. The zero-order valence-electron chi connectivity index (χ0n) is 21.3. The van der Waals surface area contributed by atoms with Crippen LogP contribution in [-0.2, 0) is 38.1 Å². The highest BCUT2D eigenvalue weighted by Crippen LogP contribution is 2.73. The topological polar surface area (TPSA) is 105 Å². The van der Waals surface area contributed by atoms with Crippen LogP contribution in [0.2, 0.25) is 0 Å². The van der Waals surface area contributed by atoms with Crippen LogP contribution in [0.3, 0.4) is 0 Å². The summed E-state index contributed by atoms with van der Waals surface area (Å²) in [7, 11) is 0. The van der Waals surface area contributed by atoms with E-state index in [1.54, 1.807) is 26.0 Å². The summed E-state index contributed by atoms with van der Waals surface area (Å²) in [6.07, 6.45) is 6.45. The van der Waals surface area contributed by atoms with Gasteiger partial charge < -0.3 is 18.9 Å². The lowest BCUT2D eigenvalue weighted by atomic mass is 9.46. The molecule has 36 heavy (non-hydrogen) atoms. The first-order valence-electron chi connectivity index (χ1n) is 12.5. The predicted octanol–water partition coefficient (Wildman–Crippen LogP) is 3.60. The molecule has 1 saturated heterocycles. The second kappa shape index (κ2) is 8.08. The number of esters is 1. The molecule has 0 N–H and O–H groups in total. The van der Waals surface area contributed by atoms with Crippen molar-refractivity contribution in [3.63, 3.8) is 0 Å². The molecule has 8 atom stereocenters. The highest BCUT2D eigenvalue weighted by molar-refractivity contribution is 9.10. The summed E-state index contributed by atoms with van der Waals surface area (Å²) in [6, 6.07) is 0. The van der Waals surface area contributed by atoms with Crippen molar-refractivity contribution in [1.29, 1.82) is 0 Å². The minimum atomic E-state index is -1.36. The first-order chi connectivity index (χ1) is 16.7. The summed E-state index contributed by atoms with van der Waals surface area (Å²) in [5.41, 5.74) is -1.67. The zero-order chi connectivity index (χ0) is 26.3. The summed E-state index contributed by atoms with van der Waals surface area (Å²) in [4.78, 5) is 49.5. The fourth-order valence-electron chi connectivity index (χ4n) is 8.26. The molecule has 4 aliphatic carbocycles. The Bertz CT molecular complexity index is 1100. The van der Waals surface area contributed by atoms with Gasteiger partial charge in [-0.2, -0.15) is 0 Å². The van der Waals surface area contributed by atoms with Gasteiger partial charge in [0.05, 0.1) is 10.4 Å². The van der Waals surface area contributed by atoms with Crippen molar-refractivity contribution in [3.8, 4) is 0 Å². The number of carbonyl (C=O) groups excluding carboxylic acids is 4. The molecular weight excluding hydrogens is 532 g/mol. The number of ketones is 2. The fourth-order valence-corrected chi connectivity index (χ4v) is 9.47. The van der Waals surface area contributed by atoms with Crippen LogP contribution in [0, 0.1) is 22.7 Å². The first-order valence-corrected chi connectivity index (χ1v) is 13.3. The van der Waals surface area contributed by atoms with Crippen molar-refractivity contribution in [2.24, 2.45) is 22.7 Å². The minimum Gasteiger partial charge on any atom is -0.463 e. The molecule has 4 fully saturated rings. The maximum absolute atomic E-state index is 13.9. The number of ether oxygens (including phenoxy) is 4. The number of fused-ring (bicyclic) bond motifs is 7. The Balaban J connectivity index is 1.64. The molecule has 0 unspecified atom stereocenters. The standard InChI is InChI=1S/C27H33BrO8/c1-15(30)33-13-20(32)27-21(35-23(2,3)36-27)11-19-18-7-6-16-10-17(31)8-9-24(16,4)26(18,28)22(34-14-29)12-25(19,27)5/h8-10,14,18-19,21-22H,6-7,11-13H2,1-5H3/t18-,19-,21+,22-,24-,25-,26-,27+/m0/s1. The third-order valence-corrected chi connectivity index (χ3v) is 11.6. The number of hydrogen-bond donors (Lipinski definition) is 0. The Kier molecular flexibility index (Phi) is 5.79. The SMILES string of the molecule is CC(=O)OCC(=O)[C@@]12OC(C)(C)O[C@@H]1C[C@H]1[C@@H]3CCC4=CC(=O)C=C[C@]4(C)[C@@]3(Br)[C@@H](OC=O)C[C@@]12C. The minimum absolute atomic E-state index is 0.0134. The average Bonchev–Trinajstić information content (AvgIpc) is 3.20. The predicted molar refractivity (Wildman–Crippen MR) is 131 cm³/mol. The Morgan fingerprint density at radius 3 is 2.61 bits per heavy atom. The molecule has 0 aromatic heterocycles. The molecule has 0 amide bonds. The molecule has 3 saturated carbocycles. The Morgan fingerprint density at radius 2 is 1.94 bits per heavy atom. The van der Waals surface area contributed by atoms with Gasteiger partial charge in [0, 0.05) is 17.8 Å². The molecule has 1 aliphatic heterocycles. The van der Waals surface area contributed by atoms with Gasteiger partial charge in [0.15, 0.2) is 23.8 Å². The quantitative estimate of drug-likeness (QED) is 0.283. The van der Waals surface area contributed by atoms with Crippen LogP contribution in [0.15, 0.2) is 23.8 Å². The second-order valence-electron chi connectivity index (χ2n) is 11.8. The van der Waals surface area contributed by atoms with Crippen LogP contribution in [0.1, 0.15) is 60.3 Å². The molecule has 0 bridgehead atoms. The van der Waals surface area contributed by atoms with Crippen LogP contribution in [-0.4, -0.2) is 58.5 Å². The summed E-state index contributed by atoms with van der Waals surface area (Å²) in [5.74, 6) is -1.96. The van der Waals surface area contributed by atoms with E-state index >= 15 is 0 Å². The number of carbonyl (C=O) groups is 4. The summed E-state index contributed by atoms with van der Waals surface area (Å²) in [6.45, 7) is 8.99. The van der Waals surface area contributed by atoms with E-state index < -0.39 is 51.3 Å². The second-order valence-corrected chi connectivity index (χ2v) is 13.1. The fraction of sp³-hybridized carbons (Fsp3) is 0.704. The van der Waals surface area contributed by atoms with E-state index in [1.165, 1.54) is 6.92 Å². The molecule has 8 nitrogen and oxygen atoms in total. The van der Waals surface area contributed by atoms with Gasteiger partial charge in [-0.25, -0.2) is 0 Å². The Morgan fingerprint density at radius 1 is 1.22 bits per heavy atom. The van der Waals surface area contributed by atoms with Gasteiger partial charge in [-0.3, -0.25) is 19.2 Å². The molecule has 5 aliphatic rings. The van der Waals surface area contributed by atoms with E-state index in [4.69, 9.17) is 18.9 Å². The third-order valence-electron chi connectivity index (χ3n) is 9.65. The molecule has 0 aromatic rings. The van der Waals surface area contributed by atoms with E-state index in [-0.39, 0.29) is 23.4 Å². The van der Waals surface area contributed by atoms with Gasteiger partial charge in [0.1, 0.15) is 6.10 Å². The van der Waals surface area contributed by atoms with Crippen molar-refractivity contribution in [1.82, 2.24) is 0 Å². The van der Waals surface area contributed by atoms with E-state index in [2.05, 4.69) is 22.9 Å². The van der Waals surface area contributed by atoms with Crippen LogP contribution < -0.4 is 0 Å². The lowest BCUT2D eigenvalue weighted by molar-refractivity contribution is -0.223. The van der Waals surface area contributed by atoms with Gasteiger partial charge in [0.2, 0.25) is 5.78 Å². The number of Topliss-reactive ketones (excluding diaryl/α,β-unsaturated/α-hetero) is 1. The van der Waals surface area contributed by atoms with E-state index in [1.807, 2.05) is 13.0 Å². The number of rotatable bonds is 5. The van der Waals surface area contributed by atoms with Gasteiger partial charge in [-0.1, -0.05) is 41.4 Å². The largest absolute Gasteiger partial charge is 0.463 e. The van der Waals surface area contributed by atoms with Crippen LogP contribution in [0.4, 0.5) is 0 Å². The van der Waals surface area contributed by atoms with Gasteiger partial charge in [0.25, 0.3) is 6.47 Å². The maximum Gasteiger partial charge on any atom is 0.303 e. The zero-order valence-corrected chi connectivity index (χ0v) is 22.9. The Labute approximate surface area is 219 Å². The van der Waals surface area contributed by atoms with Crippen molar-refractivity contribution < 1.29 is 38.1 Å². The highest BCUT2D eigenvalue weighted by Gasteiger charge is 2.79. The summed E-state index contributed by atoms with van der Waals surface area (Å²) < 4.78 is 23.1. The molecule has 0 radical (unpaired) electrons. The van der Waals surface area contributed by atoms with Gasteiger partial charge in [-0.05, 0) is 63.5 Å². The first kappa shape index (κ1) is 25.8. The normalized spacial score (nSPS) is 46.1. The van der Waals surface area contributed by atoms with Crippen molar-refractivity contribution in [3.05, 3.63) is 23.8 Å². The summed E-state index contributed by atoms with van der Waals surface area (Å²) in [5, 5.41) is 0. The van der Waals surface area contributed by atoms with Crippen LogP contribution >= 0.6 is 15.9 Å². The summed E-state index contributed by atoms with van der Waals surface area (Å²) >= 11 is 4.10. The smallest absolute Gasteiger partial charge is 0.303 e. The molecule has 1 heterocycles. The number of allylic oxidation sites excluding steroid dienone is 4. The molecule has 0 spiro atoms. The van der Waals surface area contributed by atoms with Crippen molar-refractivity contribution in [2.75, 3.05) is 6.61 Å². The van der Waals surface area contributed by atoms with Gasteiger partial charge >= 0.3 is 5.97 Å². The molecular formula is C27H33BrO8. The average molecular weight is 565 g/mol. The van der Waals surface area contributed by atoms with Crippen molar-refractivity contribution in [2.45, 2.75) is 88.2 Å². The lowest BCUT2D eigenvalue weighted by Gasteiger charge is -2.64. The monoisotopic (exact) mass is 564 g/mol. The Hall–Kier alpha value is -1.84. The van der Waals surface area contributed by atoms with E-state index in [0.29, 0.717) is 19.3 Å². The highest BCUT2D eigenvalue weighted by atomic mass is 79.9. The number of alkyl halides is 1.